The second kappa shape index (κ2) is 5.91. The minimum atomic E-state index is 0.178. The monoisotopic (exact) mass is 267 g/mol. The lowest BCUT2D eigenvalue weighted by atomic mass is 10.0. The van der Waals surface area contributed by atoms with Crippen LogP contribution in [-0.4, -0.2) is 44.2 Å². The Morgan fingerprint density at radius 1 is 1.28 bits per heavy atom. The molecule has 18 heavy (non-hydrogen) atoms. The number of nitrogens with zero attached hydrogens (tertiary/aromatic N) is 2. The maximum absolute atomic E-state index is 6.13. The first kappa shape index (κ1) is 13.7. The fourth-order valence-electron chi connectivity index (χ4n) is 2.40. The molecular weight excluding hydrogens is 246 g/mol. The molecule has 1 fully saturated rings. The first-order valence-electron chi connectivity index (χ1n) is 6.54. The number of hydrogen-bond acceptors (Lipinski definition) is 3. The molecule has 1 aliphatic rings. The standard InChI is InChI=1S/C14H22ClN3/c1-11(16)9-12-3-4-13(15)10-14(12)18-7-5-17(2)6-8-18/h3-4,10-11H,5-9,16H2,1-2H3. The van der Waals surface area contributed by atoms with Crippen molar-refractivity contribution in [1.29, 1.82) is 0 Å². The minimum Gasteiger partial charge on any atom is -0.369 e. The number of likely N-dealkylation sites (N-methyl/N-ethyl adjacent to an activating group) is 1. The molecule has 1 aromatic rings. The maximum atomic E-state index is 6.13. The van der Waals surface area contributed by atoms with Gasteiger partial charge in [0.05, 0.1) is 0 Å². The molecule has 1 aromatic carbocycles. The molecule has 0 spiro atoms. The van der Waals surface area contributed by atoms with Crippen molar-refractivity contribution in [3.05, 3.63) is 28.8 Å². The zero-order valence-electron chi connectivity index (χ0n) is 11.2. The van der Waals surface area contributed by atoms with Gasteiger partial charge in [-0.25, -0.2) is 0 Å². The van der Waals surface area contributed by atoms with Gasteiger partial charge >= 0.3 is 0 Å². The number of rotatable bonds is 3. The molecule has 0 aliphatic carbocycles. The molecule has 2 rings (SSSR count). The number of anilines is 1. The summed E-state index contributed by atoms with van der Waals surface area (Å²) in [5.41, 5.74) is 8.49. The van der Waals surface area contributed by atoms with E-state index in [9.17, 15) is 0 Å². The van der Waals surface area contributed by atoms with Crippen molar-refractivity contribution in [3.63, 3.8) is 0 Å². The lowest BCUT2D eigenvalue weighted by Crippen LogP contribution is -2.45. The van der Waals surface area contributed by atoms with Crippen LogP contribution in [0.1, 0.15) is 12.5 Å². The molecular formula is C14H22ClN3. The number of piperazine rings is 1. The van der Waals surface area contributed by atoms with Crippen molar-refractivity contribution >= 4 is 17.3 Å². The average molecular weight is 268 g/mol. The van der Waals surface area contributed by atoms with Crippen molar-refractivity contribution in [2.45, 2.75) is 19.4 Å². The Bertz CT molecular complexity index is 398. The van der Waals surface area contributed by atoms with Gasteiger partial charge in [0.2, 0.25) is 0 Å². The lowest BCUT2D eigenvalue weighted by Gasteiger charge is -2.35. The zero-order chi connectivity index (χ0) is 13.1. The van der Waals surface area contributed by atoms with E-state index in [1.165, 1.54) is 11.3 Å². The van der Waals surface area contributed by atoms with Gasteiger partial charge in [-0.2, -0.15) is 0 Å². The SMILES string of the molecule is CC(N)Cc1ccc(Cl)cc1N1CCN(C)CC1. The molecule has 2 N–H and O–H groups in total. The van der Waals surface area contributed by atoms with Gasteiger partial charge in [0, 0.05) is 42.9 Å². The highest BCUT2D eigenvalue weighted by molar-refractivity contribution is 6.30. The number of benzene rings is 1. The fraction of sp³-hybridized carbons (Fsp3) is 0.571. The smallest absolute Gasteiger partial charge is 0.0426 e. The average Bonchev–Trinajstić information content (AvgIpc) is 2.32. The Morgan fingerprint density at radius 3 is 2.56 bits per heavy atom. The first-order chi connectivity index (χ1) is 8.56. The Hall–Kier alpha value is -0.770. The predicted octanol–water partition coefficient (Wildman–Crippen LogP) is 1.98. The van der Waals surface area contributed by atoms with E-state index < -0.39 is 0 Å². The quantitative estimate of drug-likeness (QED) is 0.909. The van der Waals surface area contributed by atoms with Gasteiger partial charge in [-0.05, 0) is 38.1 Å². The molecule has 1 atom stereocenters. The number of nitrogens with two attached hydrogens (primary N) is 1. The topological polar surface area (TPSA) is 32.5 Å². The van der Waals surface area contributed by atoms with Crippen LogP contribution in [0.5, 0.6) is 0 Å². The Morgan fingerprint density at radius 2 is 1.94 bits per heavy atom. The van der Waals surface area contributed by atoms with E-state index in [0.717, 1.165) is 37.6 Å². The van der Waals surface area contributed by atoms with Crippen LogP contribution in [-0.2, 0) is 6.42 Å². The summed E-state index contributed by atoms with van der Waals surface area (Å²) in [6.07, 6.45) is 0.902. The predicted molar refractivity (Wildman–Crippen MR) is 78.5 cm³/mol. The summed E-state index contributed by atoms with van der Waals surface area (Å²) in [4.78, 5) is 4.77. The third-order valence-corrected chi connectivity index (χ3v) is 3.67. The molecule has 1 unspecified atom stereocenters. The highest BCUT2D eigenvalue weighted by Gasteiger charge is 2.17. The fourth-order valence-corrected chi connectivity index (χ4v) is 2.56. The van der Waals surface area contributed by atoms with Crippen molar-refractivity contribution in [2.24, 2.45) is 5.73 Å². The zero-order valence-corrected chi connectivity index (χ0v) is 12.0. The van der Waals surface area contributed by atoms with Gasteiger partial charge in [-0.3, -0.25) is 0 Å². The molecule has 0 saturated carbocycles. The maximum Gasteiger partial charge on any atom is 0.0426 e. The molecule has 1 heterocycles. The van der Waals surface area contributed by atoms with E-state index in [-0.39, 0.29) is 6.04 Å². The van der Waals surface area contributed by atoms with Crippen LogP contribution in [0.25, 0.3) is 0 Å². The molecule has 0 radical (unpaired) electrons. The second-order valence-electron chi connectivity index (χ2n) is 5.24. The molecule has 0 aromatic heterocycles. The van der Waals surface area contributed by atoms with Crippen LogP contribution < -0.4 is 10.6 Å². The van der Waals surface area contributed by atoms with Crippen LogP contribution in [0.4, 0.5) is 5.69 Å². The van der Waals surface area contributed by atoms with Gasteiger partial charge in [-0.15, -0.1) is 0 Å². The second-order valence-corrected chi connectivity index (χ2v) is 5.68. The molecule has 0 amide bonds. The van der Waals surface area contributed by atoms with Crippen LogP contribution in [0.15, 0.2) is 18.2 Å². The Labute approximate surface area is 115 Å². The minimum absolute atomic E-state index is 0.178. The van der Waals surface area contributed by atoms with Crippen molar-refractivity contribution in [3.8, 4) is 0 Å². The summed E-state index contributed by atoms with van der Waals surface area (Å²) in [5.74, 6) is 0. The van der Waals surface area contributed by atoms with E-state index in [1.807, 2.05) is 13.0 Å². The Balaban J connectivity index is 2.21. The first-order valence-corrected chi connectivity index (χ1v) is 6.91. The summed E-state index contributed by atoms with van der Waals surface area (Å²) in [6, 6.07) is 6.32. The van der Waals surface area contributed by atoms with E-state index in [2.05, 4.69) is 29.0 Å². The number of hydrogen-bond donors (Lipinski definition) is 1. The van der Waals surface area contributed by atoms with Gasteiger partial charge in [0.25, 0.3) is 0 Å². The molecule has 4 heteroatoms. The van der Waals surface area contributed by atoms with Crippen LogP contribution in [0, 0.1) is 0 Å². The highest BCUT2D eigenvalue weighted by Crippen LogP contribution is 2.26. The molecule has 100 valence electrons. The van der Waals surface area contributed by atoms with Crippen molar-refractivity contribution in [1.82, 2.24) is 4.90 Å². The van der Waals surface area contributed by atoms with Crippen LogP contribution in [0.3, 0.4) is 0 Å². The Kier molecular flexibility index (Phi) is 4.49. The normalized spacial score (nSPS) is 19.0. The molecule has 0 bridgehead atoms. The van der Waals surface area contributed by atoms with E-state index in [0.29, 0.717) is 0 Å². The molecule has 3 nitrogen and oxygen atoms in total. The number of halogens is 1. The van der Waals surface area contributed by atoms with E-state index >= 15 is 0 Å². The van der Waals surface area contributed by atoms with Gasteiger partial charge in [0.1, 0.15) is 0 Å². The third kappa shape index (κ3) is 3.37. The summed E-state index contributed by atoms with van der Waals surface area (Å²) >= 11 is 6.13. The van der Waals surface area contributed by atoms with Gasteiger partial charge in [0.15, 0.2) is 0 Å². The van der Waals surface area contributed by atoms with Crippen LogP contribution >= 0.6 is 11.6 Å². The third-order valence-electron chi connectivity index (χ3n) is 3.43. The summed E-state index contributed by atoms with van der Waals surface area (Å²) in [6.45, 7) is 6.36. The lowest BCUT2D eigenvalue weighted by molar-refractivity contribution is 0.312. The molecule has 1 saturated heterocycles. The summed E-state index contributed by atoms with van der Waals surface area (Å²) < 4.78 is 0. The van der Waals surface area contributed by atoms with Crippen molar-refractivity contribution in [2.75, 3.05) is 38.1 Å². The highest BCUT2D eigenvalue weighted by atomic mass is 35.5. The summed E-state index contributed by atoms with van der Waals surface area (Å²) in [5, 5.41) is 0.803. The largest absolute Gasteiger partial charge is 0.369 e. The van der Waals surface area contributed by atoms with E-state index in [4.69, 9.17) is 17.3 Å². The van der Waals surface area contributed by atoms with E-state index in [1.54, 1.807) is 0 Å². The summed E-state index contributed by atoms with van der Waals surface area (Å²) in [7, 11) is 2.16. The molecule has 1 aliphatic heterocycles. The van der Waals surface area contributed by atoms with Crippen LogP contribution in [0.2, 0.25) is 5.02 Å². The van der Waals surface area contributed by atoms with Gasteiger partial charge < -0.3 is 15.5 Å². The van der Waals surface area contributed by atoms with Gasteiger partial charge in [-0.1, -0.05) is 17.7 Å². The van der Waals surface area contributed by atoms with Crippen molar-refractivity contribution < 1.29 is 0 Å².